The number of carbonyl (C=O) groups is 2. The van der Waals surface area contributed by atoms with Gasteiger partial charge in [-0.3, -0.25) is 9.69 Å². The molecule has 0 bridgehead atoms. The summed E-state index contributed by atoms with van der Waals surface area (Å²) >= 11 is 0. The van der Waals surface area contributed by atoms with Crippen molar-refractivity contribution < 1.29 is 19.8 Å². The van der Waals surface area contributed by atoms with E-state index in [2.05, 4.69) is 20.7 Å². The predicted molar refractivity (Wildman–Crippen MR) is 122 cm³/mol. The summed E-state index contributed by atoms with van der Waals surface area (Å²) in [7, 11) is 0. The first-order chi connectivity index (χ1) is 15.3. The molecule has 0 unspecified atom stereocenters. The number of terminal acetylenes is 1. The fourth-order valence-corrected chi connectivity index (χ4v) is 5.61. The molecule has 2 N–H and O–H groups in total. The molecule has 1 aromatic heterocycles. The number of nitrogens with zero attached hydrogens (tertiary/aromatic N) is 4. The van der Waals surface area contributed by atoms with Crippen LogP contribution in [0.1, 0.15) is 50.5 Å². The smallest absolute Gasteiger partial charge is 0.412 e. The highest BCUT2D eigenvalue weighted by atomic mass is 16.4. The number of aliphatic hydroxyl groups is 1. The zero-order valence-electron chi connectivity index (χ0n) is 18.7. The van der Waals surface area contributed by atoms with Gasteiger partial charge in [-0.05, 0) is 63.5 Å². The summed E-state index contributed by atoms with van der Waals surface area (Å²) in [6.45, 7) is 4.07. The first kappa shape index (κ1) is 22.4. The summed E-state index contributed by atoms with van der Waals surface area (Å²) < 4.78 is 0. The van der Waals surface area contributed by atoms with Gasteiger partial charge in [-0.1, -0.05) is 5.92 Å². The molecule has 1 spiro atoms. The van der Waals surface area contributed by atoms with E-state index in [4.69, 9.17) is 6.42 Å². The number of carbonyl (C=O) groups excluding carboxylic acids is 1. The van der Waals surface area contributed by atoms with E-state index >= 15 is 0 Å². The van der Waals surface area contributed by atoms with Gasteiger partial charge in [0.15, 0.2) is 0 Å². The van der Waals surface area contributed by atoms with Crippen LogP contribution in [0, 0.1) is 24.7 Å². The van der Waals surface area contributed by atoms with Gasteiger partial charge in [-0.25, -0.2) is 9.78 Å². The Balaban J connectivity index is 1.50. The molecular formula is C24H32N4O4. The quantitative estimate of drug-likeness (QED) is 0.699. The summed E-state index contributed by atoms with van der Waals surface area (Å²) in [6.07, 6.45) is 11.5. The molecule has 1 aromatic rings. The van der Waals surface area contributed by atoms with Crippen LogP contribution in [0.25, 0.3) is 0 Å². The van der Waals surface area contributed by atoms with Crippen molar-refractivity contribution in [2.75, 3.05) is 36.0 Å². The molecule has 32 heavy (non-hydrogen) atoms. The first-order valence-electron chi connectivity index (χ1n) is 11.5. The minimum atomic E-state index is -1.11. The summed E-state index contributed by atoms with van der Waals surface area (Å²) in [6, 6.07) is 2.14. The van der Waals surface area contributed by atoms with Crippen molar-refractivity contribution in [2.24, 2.45) is 5.41 Å². The van der Waals surface area contributed by atoms with Crippen LogP contribution in [0.15, 0.2) is 12.3 Å². The highest BCUT2D eigenvalue weighted by molar-refractivity contribution is 5.88. The summed E-state index contributed by atoms with van der Waals surface area (Å²) in [4.78, 5) is 35.0. The molecule has 8 nitrogen and oxygen atoms in total. The maximum absolute atomic E-state index is 13.5. The van der Waals surface area contributed by atoms with Crippen molar-refractivity contribution in [1.29, 1.82) is 0 Å². The maximum Gasteiger partial charge on any atom is 0.412 e. The second-order valence-electron chi connectivity index (χ2n) is 9.42. The fourth-order valence-electron chi connectivity index (χ4n) is 5.61. The second-order valence-corrected chi connectivity index (χ2v) is 9.42. The van der Waals surface area contributed by atoms with Gasteiger partial charge in [-0.2, -0.15) is 0 Å². The van der Waals surface area contributed by atoms with E-state index < -0.39 is 6.09 Å². The normalized spacial score (nSPS) is 28.1. The SMILES string of the molecule is C#CCN(C(=O)O)c1cnc(N2CCC[C@@]3(CCN([C@H]4CC[C@H](O)CC4)C3=O)C2)cc1C. The highest BCUT2D eigenvalue weighted by Crippen LogP contribution is 2.43. The van der Waals surface area contributed by atoms with Gasteiger partial charge >= 0.3 is 6.09 Å². The van der Waals surface area contributed by atoms with Crippen LogP contribution in [0.2, 0.25) is 0 Å². The molecule has 0 aromatic carbocycles. The number of aromatic nitrogens is 1. The Hall–Kier alpha value is -2.79. The van der Waals surface area contributed by atoms with Gasteiger partial charge < -0.3 is 20.0 Å². The van der Waals surface area contributed by atoms with Crippen molar-refractivity contribution in [3.05, 3.63) is 17.8 Å². The highest BCUT2D eigenvalue weighted by Gasteiger charge is 2.50. The molecule has 2 saturated heterocycles. The number of rotatable bonds is 4. The average molecular weight is 441 g/mol. The maximum atomic E-state index is 13.5. The van der Waals surface area contributed by atoms with Crippen molar-refractivity contribution in [3.8, 4) is 12.3 Å². The van der Waals surface area contributed by atoms with E-state index in [1.807, 2.05) is 13.0 Å². The van der Waals surface area contributed by atoms with Gasteiger partial charge in [0.05, 0.1) is 29.9 Å². The van der Waals surface area contributed by atoms with E-state index in [0.717, 1.165) is 74.3 Å². The van der Waals surface area contributed by atoms with Crippen LogP contribution in [0.5, 0.6) is 0 Å². The largest absolute Gasteiger partial charge is 0.465 e. The number of hydrogen-bond donors (Lipinski definition) is 2. The van der Waals surface area contributed by atoms with Crippen LogP contribution in [0.4, 0.5) is 16.3 Å². The molecular weight excluding hydrogens is 408 g/mol. The zero-order valence-corrected chi connectivity index (χ0v) is 18.7. The molecule has 1 saturated carbocycles. The Bertz CT molecular complexity index is 921. The van der Waals surface area contributed by atoms with Crippen molar-refractivity contribution in [2.45, 2.75) is 64.0 Å². The van der Waals surface area contributed by atoms with Crippen molar-refractivity contribution in [3.63, 3.8) is 0 Å². The standard InChI is InChI=1S/C24H32N4O4/c1-3-11-28(23(31)32)20-15-25-21(14-17(20)2)26-12-4-9-24(16-26)10-13-27(22(24)30)18-5-7-19(29)8-6-18/h1,14-15,18-19,29H,4-13,16H2,2H3,(H,31,32)/t18-,19-,24-/m1/s1. The number of aliphatic hydroxyl groups excluding tert-OH is 1. The lowest BCUT2D eigenvalue weighted by atomic mass is 9.78. The van der Waals surface area contributed by atoms with Crippen LogP contribution in [-0.4, -0.2) is 70.4 Å². The number of hydrogen-bond acceptors (Lipinski definition) is 5. The van der Waals surface area contributed by atoms with E-state index in [1.54, 1.807) is 6.20 Å². The number of amides is 2. The van der Waals surface area contributed by atoms with Crippen molar-refractivity contribution >= 4 is 23.5 Å². The average Bonchev–Trinajstić information content (AvgIpc) is 3.08. The number of carboxylic acid groups (broad SMARTS) is 1. The summed E-state index contributed by atoms with van der Waals surface area (Å²) in [5, 5.41) is 19.3. The molecule has 0 radical (unpaired) electrons. The van der Waals surface area contributed by atoms with Gasteiger partial charge in [-0.15, -0.1) is 6.42 Å². The molecule has 3 heterocycles. The minimum Gasteiger partial charge on any atom is -0.465 e. The number of piperidine rings is 1. The molecule has 1 aliphatic carbocycles. The zero-order chi connectivity index (χ0) is 22.9. The number of likely N-dealkylation sites (tertiary alicyclic amines) is 1. The molecule has 2 amide bonds. The third kappa shape index (κ3) is 4.14. The van der Waals surface area contributed by atoms with Crippen LogP contribution in [-0.2, 0) is 4.79 Å². The van der Waals surface area contributed by atoms with Crippen molar-refractivity contribution in [1.82, 2.24) is 9.88 Å². The molecule has 4 rings (SSSR count). The number of pyridine rings is 1. The predicted octanol–water partition coefficient (Wildman–Crippen LogP) is 2.63. The third-order valence-electron chi connectivity index (χ3n) is 7.39. The molecule has 8 heteroatoms. The lowest BCUT2D eigenvalue weighted by Gasteiger charge is -2.41. The van der Waals surface area contributed by atoms with E-state index in [-0.39, 0.29) is 30.0 Å². The minimum absolute atomic E-state index is 0.0352. The summed E-state index contributed by atoms with van der Waals surface area (Å²) in [5.41, 5.74) is 0.889. The number of anilines is 2. The fraction of sp³-hybridized carbons (Fsp3) is 0.625. The molecule has 172 valence electrons. The van der Waals surface area contributed by atoms with Crippen LogP contribution >= 0.6 is 0 Å². The second kappa shape index (κ2) is 8.99. The lowest BCUT2D eigenvalue weighted by Crippen LogP contribution is -2.50. The monoisotopic (exact) mass is 440 g/mol. The Morgan fingerprint density at radius 3 is 2.72 bits per heavy atom. The van der Waals surface area contributed by atoms with Crippen LogP contribution in [0.3, 0.4) is 0 Å². The van der Waals surface area contributed by atoms with E-state index in [1.165, 1.54) is 0 Å². The third-order valence-corrected chi connectivity index (χ3v) is 7.39. The summed E-state index contributed by atoms with van der Waals surface area (Å²) in [5.74, 6) is 3.39. The Morgan fingerprint density at radius 2 is 2.06 bits per heavy atom. The lowest BCUT2D eigenvalue weighted by molar-refractivity contribution is -0.139. The van der Waals surface area contributed by atoms with E-state index in [9.17, 15) is 19.8 Å². The Labute approximate surface area is 189 Å². The molecule has 3 fully saturated rings. The van der Waals surface area contributed by atoms with Crippen LogP contribution < -0.4 is 9.80 Å². The van der Waals surface area contributed by atoms with Gasteiger partial charge in [0.1, 0.15) is 5.82 Å². The van der Waals surface area contributed by atoms with Gasteiger partial charge in [0.2, 0.25) is 5.91 Å². The molecule has 2 aliphatic heterocycles. The molecule has 3 aliphatic rings. The van der Waals surface area contributed by atoms with Gasteiger partial charge in [0, 0.05) is 25.7 Å². The number of aryl methyl sites for hydroxylation is 1. The molecule has 1 atom stereocenters. The van der Waals surface area contributed by atoms with E-state index in [0.29, 0.717) is 12.2 Å². The topological polar surface area (TPSA) is 97.2 Å². The van der Waals surface area contributed by atoms with Gasteiger partial charge in [0.25, 0.3) is 0 Å². The Morgan fingerprint density at radius 1 is 1.31 bits per heavy atom. The Kier molecular flexibility index (Phi) is 6.29. The first-order valence-corrected chi connectivity index (χ1v) is 11.5.